The van der Waals surface area contributed by atoms with Gasteiger partial charge >= 0.3 is 0 Å². The number of nitrogens with zero attached hydrogens (tertiary/aromatic N) is 8. The Balaban J connectivity index is 0.00000144. The Hall–Kier alpha value is -5.50. The van der Waals surface area contributed by atoms with Gasteiger partial charge in [-0.1, -0.05) is 18.3 Å². The van der Waals surface area contributed by atoms with Crippen LogP contribution in [0.25, 0.3) is 28.0 Å². The molecule has 0 radical (unpaired) electrons. The van der Waals surface area contributed by atoms with E-state index in [1.165, 1.54) is 23.5 Å². The van der Waals surface area contributed by atoms with E-state index in [0.29, 0.717) is 46.6 Å². The first-order chi connectivity index (χ1) is 24.7. The van der Waals surface area contributed by atoms with Crippen LogP contribution < -0.4 is 20.4 Å². The van der Waals surface area contributed by atoms with Gasteiger partial charge in [0.15, 0.2) is 5.13 Å². The van der Waals surface area contributed by atoms with E-state index in [4.69, 9.17) is 29.8 Å². The molecule has 16 heteroatoms. The summed E-state index contributed by atoms with van der Waals surface area (Å²) in [7, 11) is 1.91. The molecular weight excluding hydrogens is 676 g/mol. The summed E-state index contributed by atoms with van der Waals surface area (Å²) in [4.78, 5) is 44.5. The molecule has 14 nitrogen and oxygen atoms in total. The molecule has 0 spiro atoms. The molecule has 2 aliphatic heterocycles. The van der Waals surface area contributed by atoms with Crippen LogP contribution in [-0.4, -0.2) is 91.8 Å². The number of hydrogen-bond donors (Lipinski definition) is 4. The van der Waals surface area contributed by atoms with Gasteiger partial charge in [0.05, 0.1) is 17.8 Å². The number of aromatic nitrogens is 5. The number of rotatable bonds is 8. The number of benzene rings is 1. The summed E-state index contributed by atoms with van der Waals surface area (Å²) in [6.07, 6.45) is 7.92. The molecule has 2 fully saturated rings. The van der Waals surface area contributed by atoms with Gasteiger partial charge in [0, 0.05) is 68.0 Å². The Labute approximate surface area is 297 Å². The predicted octanol–water partition coefficient (Wildman–Crippen LogP) is 3.76. The SMILES string of the molecule is CCc1nc2ccc(-c3cnc(N4CCC(NC(=O)[C@@H]5C[C@@H](O)CN5)CC4)nc3)cn2c1N(C)c1nc(-c2ccc(F)cc2)c(C#N)s1.O=CO. The third-order valence-corrected chi connectivity index (χ3v) is 9.99. The molecule has 5 aromatic rings. The maximum atomic E-state index is 13.6. The summed E-state index contributed by atoms with van der Waals surface area (Å²) in [5, 5.41) is 33.3. The van der Waals surface area contributed by atoms with Crippen molar-refractivity contribution in [1.82, 2.24) is 35.0 Å². The van der Waals surface area contributed by atoms with Gasteiger partial charge in [0.25, 0.3) is 6.47 Å². The van der Waals surface area contributed by atoms with Crippen molar-refractivity contribution in [3.63, 3.8) is 0 Å². The lowest BCUT2D eigenvalue weighted by Gasteiger charge is -2.32. The van der Waals surface area contributed by atoms with Gasteiger partial charge in [-0.05, 0) is 62.1 Å². The zero-order chi connectivity index (χ0) is 36.1. The predicted molar refractivity (Wildman–Crippen MR) is 190 cm³/mol. The topological polar surface area (TPSA) is 185 Å². The first-order valence-corrected chi connectivity index (χ1v) is 17.3. The smallest absolute Gasteiger partial charge is 0.290 e. The number of halogens is 1. The quantitative estimate of drug-likeness (QED) is 0.171. The molecule has 7 rings (SSSR count). The fraction of sp³-hybridized carbons (Fsp3) is 0.343. The van der Waals surface area contributed by atoms with E-state index in [-0.39, 0.29) is 30.3 Å². The van der Waals surface area contributed by atoms with Crippen LogP contribution in [-0.2, 0) is 16.0 Å². The number of amides is 1. The van der Waals surface area contributed by atoms with E-state index < -0.39 is 6.10 Å². The highest BCUT2D eigenvalue weighted by molar-refractivity contribution is 7.16. The van der Waals surface area contributed by atoms with Crippen molar-refractivity contribution < 1.29 is 24.2 Å². The number of fused-ring (bicyclic) bond motifs is 1. The van der Waals surface area contributed by atoms with Gasteiger partial charge in [-0.25, -0.2) is 24.3 Å². The Kier molecular flexibility index (Phi) is 10.8. The molecule has 1 aromatic carbocycles. The van der Waals surface area contributed by atoms with Gasteiger partial charge in [-0.3, -0.25) is 14.0 Å². The number of piperidine rings is 1. The minimum absolute atomic E-state index is 0.0470. The lowest BCUT2D eigenvalue weighted by atomic mass is 10.0. The summed E-state index contributed by atoms with van der Waals surface area (Å²) < 4.78 is 15.6. The molecule has 0 aliphatic carbocycles. The molecule has 6 heterocycles. The van der Waals surface area contributed by atoms with Crippen molar-refractivity contribution in [2.45, 2.75) is 50.8 Å². The van der Waals surface area contributed by atoms with Crippen LogP contribution in [0.1, 0.15) is 36.8 Å². The molecule has 264 valence electrons. The first-order valence-electron chi connectivity index (χ1n) is 16.5. The molecule has 2 atom stereocenters. The van der Waals surface area contributed by atoms with Crippen molar-refractivity contribution in [2.75, 3.05) is 36.5 Å². The minimum atomic E-state index is -0.465. The number of carbonyl (C=O) groups is 2. The maximum Gasteiger partial charge on any atom is 0.290 e. The number of imidazole rings is 1. The second-order valence-electron chi connectivity index (χ2n) is 12.2. The molecule has 51 heavy (non-hydrogen) atoms. The number of aliphatic hydroxyl groups excluding tert-OH is 1. The first kappa shape index (κ1) is 35.3. The average Bonchev–Trinajstić information content (AvgIpc) is 3.89. The van der Waals surface area contributed by atoms with Crippen LogP contribution >= 0.6 is 11.3 Å². The van der Waals surface area contributed by atoms with E-state index in [9.17, 15) is 19.6 Å². The van der Waals surface area contributed by atoms with Gasteiger partial charge in [0.2, 0.25) is 11.9 Å². The number of nitrogens with one attached hydrogen (secondary N) is 2. The van der Waals surface area contributed by atoms with Gasteiger partial charge in [-0.15, -0.1) is 0 Å². The molecule has 1 amide bonds. The van der Waals surface area contributed by atoms with Gasteiger partial charge < -0.3 is 30.6 Å². The van der Waals surface area contributed by atoms with Crippen molar-refractivity contribution in [3.8, 4) is 28.5 Å². The number of β-amino-alcohol motifs (C(OH)–C–C–N with tert-alkyl or cyclic N) is 1. The van der Waals surface area contributed by atoms with Crippen molar-refractivity contribution in [1.29, 1.82) is 5.26 Å². The van der Waals surface area contributed by atoms with Gasteiger partial charge in [0.1, 0.15) is 33.9 Å². The van der Waals surface area contributed by atoms with Crippen molar-refractivity contribution >= 4 is 46.3 Å². The second kappa shape index (κ2) is 15.6. The number of hydrogen-bond acceptors (Lipinski definition) is 12. The van der Waals surface area contributed by atoms with E-state index >= 15 is 0 Å². The van der Waals surface area contributed by atoms with E-state index in [0.717, 1.165) is 54.2 Å². The molecular formula is C35H37FN10O4S. The average molecular weight is 713 g/mol. The Morgan fingerprint density at radius 1 is 1.14 bits per heavy atom. The Bertz CT molecular complexity index is 2040. The van der Waals surface area contributed by atoms with E-state index in [1.807, 2.05) is 54.0 Å². The fourth-order valence-electron chi connectivity index (χ4n) is 6.34. The zero-order valence-electron chi connectivity index (χ0n) is 28.0. The Morgan fingerprint density at radius 3 is 2.45 bits per heavy atom. The second-order valence-corrected chi connectivity index (χ2v) is 13.2. The Morgan fingerprint density at radius 2 is 1.82 bits per heavy atom. The van der Waals surface area contributed by atoms with Gasteiger partial charge in [-0.2, -0.15) is 5.26 Å². The molecule has 4 N–H and O–H groups in total. The molecule has 4 aromatic heterocycles. The molecule has 0 unspecified atom stereocenters. The maximum absolute atomic E-state index is 13.6. The number of anilines is 3. The van der Waals surface area contributed by atoms with Crippen molar-refractivity contribution in [2.24, 2.45) is 0 Å². The lowest BCUT2D eigenvalue weighted by Crippen LogP contribution is -2.49. The fourth-order valence-corrected chi connectivity index (χ4v) is 7.19. The van der Waals surface area contributed by atoms with Crippen molar-refractivity contribution in [3.05, 3.63) is 71.4 Å². The third-order valence-electron chi connectivity index (χ3n) is 8.96. The van der Waals surface area contributed by atoms with Crippen LogP contribution in [0.3, 0.4) is 0 Å². The molecule has 2 saturated heterocycles. The zero-order valence-corrected chi connectivity index (χ0v) is 28.8. The van der Waals surface area contributed by atoms with Crippen LogP contribution in [0.5, 0.6) is 0 Å². The number of aliphatic hydroxyl groups is 1. The lowest BCUT2D eigenvalue weighted by molar-refractivity contribution is -0.124. The summed E-state index contributed by atoms with van der Waals surface area (Å²) in [6, 6.07) is 12.0. The largest absolute Gasteiger partial charge is 0.483 e. The standard InChI is InChI=1S/C34H35FN10O2S.CH2O2/c1-3-26-32(43(2)34-42-30(28(15-36)48-34)20-4-7-23(35)8-5-20)45-19-21(6-9-29(45)41-26)22-16-38-33(39-17-22)44-12-10-24(11-13-44)40-31(47)27-14-25(46)18-37-27;2-1-3/h4-9,16-17,19,24-25,27,37,46H,3,10-14,18H2,1-2H3,(H,40,47);1H,(H,2,3)/t25-,27+;/m1./s1. The summed E-state index contributed by atoms with van der Waals surface area (Å²) in [5.41, 5.74) is 4.63. The highest BCUT2D eigenvalue weighted by atomic mass is 32.1. The number of aryl methyl sites for hydroxylation is 1. The highest BCUT2D eigenvalue weighted by Gasteiger charge is 2.30. The van der Waals surface area contributed by atoms with Crippen LogP contribution in [0.4, 0.5) is 21.3 Å². The molecule has 0 saturated carbocycles. The highest BCUT2D eigenvalue weighted by Crippen LogP contribution is 2.37. The van der Waals surface area contributed by atoms with Crippen LogP contribution in [0.15, 0.2) is 55.0 Å². The third kappa shape index (κ3) is 7.65. The van der Waals surface area contributed by atoms with Crippen LogP contribution in [0.2, 0.25) is 0 Å². The molecule has 2 aliphatic rings. The summed E-state index contributed by atoms with van der Waals surface area (Å²) >= 11 is 1.28. The number of pyridine rings is 1. The van der Waals surface area contributed by atoms with E-state index in [1.54, 1.807) is 12.1 Å². The summed E-state index contributed by atoms with van der Waals surface area (Å²) in [5.74, 6) is 1.09. The van der Waals surface area contributed by atoms with E-state index in [2.05, 4.69) is 21.6 Å². The summed E-state index contributed by atoms with van der Waals surface area (Å²) in [6.45, 7) is 3.72. The normalized spacial score (nSPS) is 17.4. The number of thiazole rings is 1. The minimum Gasteiger partial charge on any atom is -0.483 e. The molecule has 0 bridgehead atoms. The number of nitriles is 1. The number of carboxylic acid groups (broad SMARTS) is 1. The monoisotopic (exact) mass is 712 g/mol. The van der Waals surface area contributed by atoms with Crippen LogP contribution in [0, 0.1) is 17.1 Å². The number of carbonyl (C=O) groups excluding carboxylic acids is 1.